The Morgan fingerprint density at radius 1 is 1.44 bits per heavy atom. The quantitative estimate of drug-likeness (QED) is 0.826. The van der Waals surface area contributed by atoms with E-state index in [1.165, 1.54) is 0 Å². The Hall–Kier alpha value is -1.86. The van der Waals surface area contributed by atoms with Crippen LogP contribution in [0.4, 0.5) is 0 Å². The molecule has 1 rings (SSSR count). The van der Waals surface area contributed by atoms with Crippen molar-refractivity contribution in [2.24, 2.45) is 0 Å². The van der Waals surface area contributed by atoms with Gasteiger partial charge in [0.05, 0.1) is 18.2 Å². The summed E-state index contributed by atoms with van der Waals surface area (Å²) in [4.78, 5) is 13.6. The third-order valence-electron chi connectivity index (χ3n) is 2.65. The Bertz CT molecular complexity index is 437. The number of benzene rings is 1. The molecule has 0 bridgehead atoms. The van der Waals surface area contributed by atoms with Crippen LogP contribution >= 0.6 is 0 Å². The molecule has 96 valence electrons. The molecule has 0 unspecified atom stereocenters. The van der Waals surface area contributed by atoms with Gasteiger partial charge in [0, 0.05) is 13.1 Å². The Morgan fingerprint density at radius 2 is 2.22 bits per heavy atom. The van der Waals surface area contributed by atoms with Gasteiger partial charge in [-0.2, -0.15) is 5.26 Å². The van der Waals surface area contributed by atoms with E-state index in [1.807, 2.05) is 36.9 Å². The molecule has 0 saturated carbocycles. The Morgan fingerprint density at radius 3 is 2.83 bits per heavy atom. The van der Waals surface area contributed by atoms with Crippen molar-refractivity contribution in [2.75, 3.05) is 19.6 Å². The van der Waals surface area contributed by atoms with Gasteiger partial charge in [-0.1, -0.05) is 19.1 Å². The standard InChI is InChI=1S/C14H19N3O/c1-3-16-14(18)11-17(4-2)10-13-7-5-6-12(8-13)9-15/h5-8H,3-4,10-11H2,1-2H3,(H,16,18). The summed E-state index contributed by atoms with van der Waals surface area (Å²) in [5.74, 6) is 0.0378. The average molecular weight is 245 g/mol. The number of carbonyl (C=O) groups excluding carboxylic acids is 1. The molecular weight excluding hydrogens is 226 g/mol. The van der Waals surface area contributed by atoms with E-state index in [0.717, 1.165) is 12.1 Å². The van der Waals surface area contributed by atoms with Gasteiger partial charge in [0.25, 0.3) is 0 Å². The van der Waals surface area contributed by atoms with E-state index in [1.54, 1.807) is 6.07 Å². The molecule has 4 nitrogen and oxygen atoms in total. The van der Waals surface area contributed by atoms with Gasteiger partial charge >= 0.3 is 0 Å². The summed E-state index contributed by atoms with van der Waals surface area (Å²) in [6.45, 7) is 6.45. The lowest BCUT2D eigenvalue weighted by molar-refractivity contribution is -0.122. The van der Waals surface area contributed by atoms with E-state index in [0.29, 0.717) is 25.2 Å². The summed E-state index contributed by atoms with van der Waals surface area (Å²) in [5.41, 5.74) is 1.71. The molecule has 1 amide bonds. The second-order valence-electron chi connectivity index (χ2n) is 4.07. The fourth-order valence-corrected chi connectivity index (χ4v) is 1.73. The minimum absolute atomic E-state index is 0.0378. The van der Waals surface area contributed by atoms with E-state index in [-0.39, 0.29) is 5.91 Å². The summed E-state index contributed by atoms with van der Waals surface area (Å²) in [5, 5.41) is 11.6. The van der Waals surface area contributed by atoms with Crippen molar-refractivity contribution in [2.45, 2.75) is 20.4 Å². The Kier molecular flexibility index (Phi) is 5.89. The molecule has 1 aromatic carbocycles. The number of nitrogens with zero attached hydrogens (tertiary/aromatic N) is 2. The number of amides is 1. The molecule has 0 atom stereocenters. The molecule has 0 heterocycles. The molecule has 0 aliphatic rings. The van der Waals surface area contributed by atoms with Gasteiger partial charge in [-0.25, -0.2) is 0 Å². The number of rotatable bonds is 6. The summed E-state index contributed by atoms with van der Waals surface area (Å²) < 4.78 is 0. The fourth-order valence-electron chi connectivity index (χ4n) is 1.73. The molecular formula is C14H19N3O. The molecule has 0 saturated heterocycles. The number of likely N-dealkylation sites (N-methyl/N-ethyl adjacent to an activating group) is 2. The lowest BCUT2D eigenvalue weighted by Gasteiger charge is -2.19. The molecule has 0 aromatic heterocycles. The summed E-state index contributed by atoms with van der Waals surface area (Å²) in [7, 11) is 0. The lowest BCUT2D eigenvalue weighted by atomic mass is 10.1. The summed E-state index contributed by atoms with van der Waals surface area (Å²) in [6, 6.07) is 9.61. The third kappa shape index (κ3) is 4.56. The number of hydrogen-bond acceptors (Lipinski definition) is 3. The van der Waals surface area contributed by atoms with Gasteiger partial charge in [-0.15, -0.1) is 0 Å². The van der Waals surface area contributed by atoms with Crippen molar-refractivity contribution in [1.82, 2.24) is 10.2 Å². The molecule has 1 N–H and O–H groups in total. The molecule has 0 aliphatic carbocycles. The van der Waals surface area contributed by atoms with Crippen molar-refractivity contribution in [3.63, 3.8) is 0 Å². The third-order valence-corrected chi connectivity index (χ3v) is 2.65. The van der Waals surface area contributed by atoms with Gasteiger partial charge < -0.3 is 5.32 Å². The largest absolute Gasteiger partial charge is 0.355 e. The van der Waals surface area contributed by atoms with E-state index in [9.17, 15) is 4.79 Å². The normalized spacial score (nSPS) is 10.1. The van der Waals surface area contributed by atoms with E-state index >= 15 is 0 Å². The van der Waals surface area contributed by atoms with E-state index in [2.05, 4.69) is 11.4 Å². The molecule has 0 aliphatic heterocycles. The van der Waals surface area contributed by atoms with Crippen LogP contribution in [0, 0.1) is 11.3 Å². The molecule has 18 heavy (non-hydrogen) atoms. The highest BCUT2D eigenvalue weighted by molar-refractivity contribution is 5.77. The van der Waals surface area contributed by atoms with Crippen LogP contribution in [0.5, 0.6) is 0 Å². The zero-order valence-corrected chi connectivity index (χ0v) is 10.9. The number of carbonyl (C=O) groups is 1. The maximum absolute atomic E-state index is 11.5. The fraction of sp³-hybridized carbons (Fsp3) is 0.429. The highest BCUT2D eigenvalue weighted by Crippen LogP contribution is 2.07. The number of hydrogen-bond donors (Lipinski definition) is 1. The first-order valence-electron chi connectivity index (χ1n) is 6.17. The minimum Gasteiger partial charge on any atom is -0.355 e. The van der Waals surface area contributed by atoms with Crippen LogP contribution in [0.3, 0.4) is 0 Å². The highest BCUT2D eigenvalue weighted by Gasteiger charge is 2.09. The number of nitrogens with one attached hydrogen (secondary N) is 1. The number of nitriles is 1. The molecule has 0 spiro atoms. The monoisotopic (exact) mass is 245 g/mol. The Labute approximate surface area is 108 Å². The second-order valence-corrected chi connectivity index (χ2v) is 4.07. The van der Waals surface area contributed by atoms with Crippen LogP contribution in [0.15, 0.2) is 24.3 Å². The molecule has 0 radical (unpaired) electrons. The summed E-state index contributed by atoms with van der Waals surface area (Å²) in [6.07, 6.45) is 0. The average Bonchev–Trinajstić information content (AvgIpc) is 2.38. The van der Waals surface area contributed by atoms with Gasteiger partial charge in [-0.3, -0.25) is 9.69 Å². The molecule has 0 fully saturated rings. The maximum atomic E-state index is 11.5. The van der Waals surface area contributed by atoms with Crippen LogP contribution in [0.2, 0.25) is 0 Å². The van der Waals surface area contributed by atoms with Crippen LogP contribution in [0.1, 0.15) is 25.0 Å². The van der Waals surface area contributed by atoms with Crippen molar-refractivity contribution >= 4 is 5.91 Å². The van der Waals surface area contributed by atoms with Gasteiger partial charge in [0.2, 0.25) is 5.91 Å². The van der Waals surface area contributed by atoms with Crippen LogP contribution < -0.4 is 5.32 Å². The predicted molar refractivity (Wildman–Crippen MR) is 70.8 cm³/mol. The summed E-state index contributed by atoms with van der Waals surface area (Å²) >= 11 is 0. The lowest BCUT2D eigenvalue weighted by Crippen LogP contribution is -2.36. The van der Waals surface area contributed by atoms with Crippen LogP contribution in [-0.4, -0.2) is 30.4 Å². The predicted octanol–water partition coefficient (Wildman–Crippen LogP) is 1.52. The zero-order valence-electron chi connectivity index (χ0n) is 10.9. The van der Waals surface area contributed by atoms with Crippen molar-refractivity contribution in [3.8, 4) is 6.07 Å². The Balaban J connectivity index is 2.62. The van der Waals surface area contributed by atoms with Crippen molar-refractivity contribution in [1.29, 1.82) is 5.26 Å². The van der Waals surface area contributed by atoms with Gasteiger partial charge in [-0.05, 0) is 31.2 Å². The first-order chi connectivity index (χ1) is 8.69. The van der Waals surface area contributed by atoms with Gasteiger partial charge in [0.15, 0.2) is 0 Å². The smallest absolute Gasteiger partial charge is 0.234 e. The van der Waals surface area contributed by atoms with Crippen LogP contribution in [-0.2, 0) is 11.3 Å². The highest BCUT2D eigenvalue weighted by atomic mass is 16.2. The zero-order chi connectivity index (χ0) is 13.4. The van der Waals surface area contributed by atoms with Crippen molar-refractivity contribution in [3.05, 3.63) is 35.4 Å². The maximum Gasteiger partial charge on any atom is 0.234 e. The first kappa shape index (κ1) is 14.2. The van der Waals surface area contributed by atoms with E-state index < -0.39 is 0 Å². The van der Waals surface area contributed by atoms with Gasteiger partial charge in [0.1, 0.15) is 0 Å². The first-order valence-corrected chi connectivity index (χ1v) is 6.17. The second kappa shape index (κ2) is 7.46. The molecule has 1 aromatic rings. The topological polar surface area (TPSA) is 56.1 Å². The minimum atomic E-state index is 0.0378. The molecule has 4 heteroatoms. The van der Waals surface area contributed by atoms with Crippen molar-refractivity contribution < 1.29 is 4.79 Å². The van der Waals surface area contributed by atoms with Crippen LogP contribution in [0.25, 0.3) is 0 Å². The SMILES string of the molecule is CCNC(=O)CN(CC)Cc1cccc(C#N)c1. The van der Waals surface area contributed by atoms with E-state index in [4.69, 9.17) is 5.26 Å².